The van der Waals surface area contributed by atoms with Crippen molar-refractivity contribution < 1.29 is 8.42 Å². The maximum absolute atomic E-state index is 11.8. The van der Waals surface area contributed by atoms with Crippen LogP contribution in [0, 0.1) is 0 Å². The van der Waals surface area contributed by atoms with Crippen LogP contribution in [0.2, 0.25) is 0 Å². The summed E-state index contributed by atoms with van der Waals surface area (Å²) in [5.41, 5.74) is 6.29. The second-order valence-electron chi connectivity index (χ2n) is 5.69. The fourth-order valence-corrected chi connectivity index (χ4v) is 3.17. The summed E-state index contributed by atoms with van der Waals surface area (Å²) < 4.78 is 25.9. The van der Waals surface area contributed by atoms with E-state index in [2.05, 4.69) is 25.2 Å². The summed E-state index contributed by atoms with van der Waals surface area (Å²) in [6, 6.07) is 16.3. The number of benzene rings is 2. The molecule has 1 aromatic heterocycles. The molecule has 0 saturated carbocycles. The number of rotatable bonds is 6. The maximum Gasteiger partial charge on any atom is 0.240 e. The Balaban J connectivity index is 1.83. The summed E-state index contributed by atoms with van der Waals surface area (Å²) in [4.78, 5) is 8.55. The summed E-state index contributed by atoms with van der Waals surface area (Å²) in [6.07, 6.45) is 3.18. The van der Waals surface area contributed by atoms with Gasteiger partial charge in [0.25, 0.3) is 0 Å². The van der Waals surface area contributed by atoms with Gasteiger partial charge in [0, 0.05) is 11.8 Å². The van der Waals surface area contributed by atoms with Gasteiger partial charge in [0.15, 0.2) is 5.82 Å². The molecule has 0 radical (unpaired) electrons. The Bertz CT molecular complexity index is 1050. The summed E-state index contributed by atoms with van der Waals surface area (Å²) in [5, 5.41) is 4.37. The molecular weight excluding hydrogens is 362 g/mol. The van der Waals surface area contributed by atoms with Crippen LogP contribution in [-0.2, 0) is 10.0 Å². The zero-order valence-corrected chi connectivity index (χ0v) is 15.7. The number of nitrogens with one attached hydrogen (secondary N) is 2. The first-order valence-corrected chi connectivity index (χ1v) is 9.69. The van der Waals surface area contributed by atoms with Gasteiger partial charge in [-0.1, -0.05) is 42.5 Å². The van der Waals surface area contributed by atoms with Crippen molar-refractivity contribution in [3.8, 4) is 11.1 Å². The van der Waals surface area contributed by atoms with Crippen LogP contribution in [0.4, 0.5) is 5.82 Å². The van der Waals surface area contributed by atoms with Crippen LogP contribution in [-0.4, -0.2) is 31.1 Å². The normalized spacial score (nSPS) is 12.0. The number of aromatic nitrogens is 2. The Morgan fingerprint density at radius 3 is 2.41 bits per heavy atom. The molecule has 2 N–H and O–H groups in total. The molecule has 0 fully saturated rings. The minimum absolute atomic E-state index is 0.205. The predicted octanol–water partition coefficient (Wildman–Crippen LogP) is 2.89. The van der Waals surface area contributed by atoms with Crippen molar-refractivity contribution in [2.75, 3.05) is 12.5 Å². The third-order valence-corrected chi connectivity index (χ3v) is 5.41. The third-order valence-electron chi connectivity index (χ3n) is 3.98. The predicted molar refractivity (Wildman–Crippen MR) is 106 cm³/mol. The summed E-state index contributed by atoms with van der Waals surface area (Å²) in [5.74, 6) is 0.588. The van der Waals surface area contributed by atoms with Gasteiger partial charge >= 0.3 is 0 Å². The minimum atomic E-state index is -3.45. The lowest BCUT2D eigenvalue weighted by molar-refractivity contribution is 0.588. The van der Waals surface area contributed by atoms with E-state index in [-0.39, 0.29) is 4.90 Å². The number of hydrogen-bond acceptors (Lipinski definition) is 6. The zero-order chi connectivity index (χ0) is 19.3. The largest absolute Gasteiger partial charge is 0.260 e. The van der Waals surface area contributed by atoms with E-state index in [1.807, 2.05) is 37.3 Å². The minimum Gasteiger partial charge on any atom is -0.260 e. The molecule has 0 spiro atoms. The molecule has 7 nitrogen and oxygen atoms in total. The van der Waals surface area contributed by atoms with Crippen molar-refractivity contribution >= 4 is 21.6 Å². The molecule has 0 aliphatic carbocycles. The smallest absolute Gasteiger partial charge is 0.240 e. The van der Waals surface area contributed by atoms with Crippen LogP contribution in [0.15, 0.2) is 77.1 Å². The molecule has 0 aliphatic rings. The molecule has 8 heteroatoms. The second kappa shape index (κ2) is 8.07. The molecule has 3 rings (SSSR count). The van der Waals surface area contributed by atoms with Crippen molar-refractivity contribution in [3.63, 3.8) is 0 Å². The fraction of sp³-hybridized carbons (Fsp3) is 0.105. The van der Waals surface area contributed by atoms with Crippen molar-refractivity contribution in [2.45, 2.75) is 11.8 Å². The Morgan fingerprint density at radius 1 is 1.04 bits per heavy atom. The van der Waals surface area contributed by atoms with Crippen molar-refractivity contribution in [1.29, 1.82) is 0 Å². The molecule has 0 unspecified atom stereocenters. The molecule has 0 bridgehead atoms. The Morgan fingerprint density at radius 2 is 1.74 bits per heavy atom. The molecule has 27 heavy (non-hydrogen) atoms. The maximum atomic E-state index is 11.8. The average Bonchev–Trinajstić information content (AvgIpc) is 2.73. The van der Waals surface area contributed by atoms with E-state index in [1.165, 1.54) is 13.4 Å². The van der Waals surface area contributed by atoms with Gasteiger partial charge in [-0.05, 0) is 37.2 Å². The highest BCUT2D eigenvalue weighted by atomic mass is 32.2. The number of nitrogens with zero attached hydrogens (tertiary/aromatic N) is 3. The Hall–Kier alpha value is -3.10. The number of hydrazone groups is 1. The number of sulfonamides is 1. The van der Waals surface area contributed by atoms with Gasteiger partial charge in [-0.25, -0.2) is 23.1 Å². The number of anilines is 1. The van der Waals surface area contributed by atoms with Crippen LogP contribution >= 0.6 is 0 Å². The van der Waals surface area contributed by atoms with Crippen molar-refractivity contribution in [2.24, 2.45) is 5.10 Å². The molecule has 138 valence electrons. The molecule has 0 amide bonds. The monoisotopic (exact) mass is 381 g/mol. The van der Waals surface area contributed by atoms with Gasteiger partial charge in [-0.3, -0.25) is 5.43 Å². The van der Waals surface area contributed by atoms with Crippen LogP contribution in [0.5, 0.6) is 0 Å². The highest BCUT2D eigenvalue weighted by Crippen LogP contribution is 2.24. The molecule has 2 aromatic carbocycles. The van der Waals surface area contributed by atoms with Gasteiger partial charge < -0.3 is 0 Å². The summed E-state index contributed by atoms with van der Waals surface area (Å²) >= 11 is 0. The highest BCUT2D eigenvalue weighted by Gasteiger charge is 2.11. The Kier molecular flexibility index (Phi) is 5.58. The molecule has 0 atom stereocenters. The van der Waals surface area contributed by atoms with Crippen molar-refractivity contribution in [3.05, 3.63) is 72.7 Å². The van der Waals surface area contributed by atoms with Crippen LogP contribution < -0.4 is 10.1 Å². The van der Waals surface area contributed by atoms with E-state index in [9.17, 15) is 8.42 Å². The lowest BCUT2D eigenvalue weighted by Gasteiger charge is -2.08. The van der Waals surface area contributed by atoms with Crippen molar-refractivity contribution in [1.82, 2.24) is 14.7 Å². The number of hydrogen-bond donors (Lipinski definition) is 2. The lowest BCUT2D eigenvalue weighted by Crippen LogP contribution is -2.18. The lowest BCUT2D eigenvalue weighted by atomic mass is 10.1. The quantitative estimate of drug-likeness (QED) is 0.506. The van der Waals surface area contributed by atoms with Gasteiger partial charge in [-0.15, -0.1) is 0 Å². The first-order valence-electron chi connectivity index (χ1n) is 8.21. The Labute approximate surface area is 158 Å². The van der Waals surface area contributed by atoms with E-state index >= 15 is 0 Å². The van der Waals surface area contributed by atoms with Gasteiger partial charge in [0.05, 0.1) is 10.6 Å². The summed E-state index contributed by atoms with van der Waals surface area (Å²) in [6.45, 7) is 1.83. The van der Waals surface area contributed by atoms with E-state index in [4.69, 9.17) is 0 Å². The molecule has 1 heterocycles. The van der Waals surface area contributed by atoms with E-state index < -0.39 is 10.0 Å². The third kappa shape index (κ3) is 4.36. The van der Waals surface area contributed by atoms with E-state index in [0.717, 1.165) is 16.7 Å². The molecule has 3 aromatic rings. The van der Waals surface area contributed by atoms with E-state index in [1.54, 1.807) is 30.5 Å². The van der Waals surface area contributed by atoms with Crippen LogP contribution in [0.3, 0.4) is 0 Å². The fourth-order valence-electron chi connectivity index (χ4n) is 2.44. The van der Waals surface area contributed by atoms with Gasteiger partial charge in [-0.2, -0.15) is 5.10 Å². The SMILES string of the molecule is CNS(=O)(=O)c1ccc(C(C)=NNc2ncncc2-c2ccccc2)cc1. The van der Waals surface area contributed by atoms with Crippen LogP contribution in [0.25, 0.3) is 11.1 Å². The average molecular weight is 381 g/mol. The highest BCUT2D eigenvalue weighted by molar-refractivity contribution is 7.89. The molecule has 0 saturated heterocycles. The first-order chi connectivity index (χ1) is 13.0. The second-order valence-corrected chi connectivity index (χ2v) is 7.58. The van der Waals surface area contributed by atoms with E-state index in [0.29, 0.717) is 11.5 Å². The standard InChI is InChI=1S/C19H19N5O2S/c1-14(15-8-10-17(11-9-15)27(25,26)20-2)23-24-19-18(12-21-13-22-19)16-6-4-3-5-7-16/h3-13,20H,1-2H3,(H,21,22,24). The molecule has 0 aliphatic heterocycles. The molecular formula is C19H19N5O2S. The van der Waals surface area contributed by atoms with Gasteiger partial charge in [0.1, 0.15) is 6.33 Å². The topological polar surface area (TPSA) is 96.3 Å². The van der Waals surface area contributed by atoms with Gasteiger partial charge in [0.2, 0.25) is 10.0 Å². The van der Waals surface area contributed by atoms with Crippen LogP contribution in [0.1, 0.15) is 12.5 Å². The zero-order valence-electron chi connectivity index (χ0n) is 14.9. The first kappa shape index (κ1) is 18.7. The summed E-state index contributed by atoms with van der Waals surface area (Å²) in [7, 11) is -2.07.